The Labute approximate surface area is 172 Å². The molecule has 0 bridgehead atoms. The van der Waals surface area contributed by atoms with Crippen LogP contribution in [-0.4, -0.2) is 37.6 Å². The number of amides is 3. The molecule has 0 unspecified atom stereocenters. The van der Waals surface area contributed by atoms with Gasteiger partial charge in [0.2, 0.25) is 9.84 Å². The molecule has 3 aromatic rings. The van der Waals surface area contributed by atoms with E-state index in [1.807, 2.05) is 0 Å². The summed E-state index contributed by atoms with van der Waals surface area (Å²) in [6.07, 6.45) is 0. The van der Waals surface area contributed by atoms with E-state index in [0.29, 0.717) is 0 Å². The predicted octanol–water partition coefficient (Wildman–Crippen LogP) is 2.79. The molecule has 2 heterocycles. The molecule has 0 radical (unpaired) electrons. The molecule has 0 fully saturated rings. The summed E-state index contributed by atoms with van der Waals surface area (Å²) in [4.78, 5) is 40.8. The Hall–Kier alpha value is -3.78. The van der Waals surface area contributed by atoms with Gasteiger partial charge in [-0.15, -0.1) is 0 Å². The Kier molecular flexibility index (Phi) is 3.87. The lowest BCUT2D eigenvalue weighted by molar-refractivity contribution is -0.118. The molecule has 0 atom stereocenters. The van der Waals surface area contributed by atoms with Crippen LogP contribution in [0.15, 0.2) is 82.6 Å². The van der Waals surface area contributed by atoms with E-state index in [1.165, 1.54) is 41.3 Å². The molecule has 3 amide bonds. The van der Waals surface area contributed by atoms with Gasteiger partial charge >= 0.3 is 0 Å². The van der Waals surface area contributed by atoms with Crippen LogP contribution < -0.4 is 4.90 Å². The fraction of sp³-hybridized carbons (Fsp3) is 0.0455. The van der Waals surface area contributed by atoms with Crippen LogP contribution in [0.3, 0.4) is 0 Å². The second-order valence-electron chi connectivity index (χ2n) is 6.91. The van der Waals surface area contributed by atoms with Gasteiger partial charge in [0.25, 0.3) is 17.7 Å². The quantitative estimate of drug-likeness (QED) is 0.597. The highest BCUT2D eigenvalue weighted by atomic mass is 32.2. The van der Waals surface area contributed by atoms with E-state index in [4.69, 9.17) is 0 Å². The van der Waals surface area contributed by atoms with Gasteiger partial charge in [-0.2, -0.15) is 0 Å². The van der Waals surface area contributed by atoms with Crippen LogP contribution in [0.25, 0.3) is 0 Å². The van der Waals surface area contributed by atoms with Crippen molar-refractivity contribution >= 4 is 38.9 Å². The van der Waals surface area contributed by atoms with E-state index in [2.05, 4.69) is 0 Å². The lowest BCUT2D eigenvalue weighted by Gasteiger charge is -2.32. The molecule has 0 saturated carbocycles. The van der Waals surface area contributed by atoms with E-state index < -0.39 is 34.1 Å². The van der Waals surface area contributed by atoms with E-state index in [1.54, 1.807) is 36.4 Å². The number of sulfone groups is 1. The number of hydrogen-bond donors (Lipinski definition) is 0. The maximum atomic E-state index is 13.3. The van der Waals surface area contributed by atoms with Crippen molar-refractivity contribution in [1.29, 1.82) is 0 Å². The van der Waals surface area contributed by atoms with E-state index in [9.17, 15) is 22.8 Å². The Bertz CT molecular complexity index is 1270. The first-order valence-electron chi connectivity index (χ1n) is 9.12. The van der Waals surface area contributed by atoms with Crippen molar-refractivity contribution in [2.75, 3.05) is 11.4 Å². The fourth-order valence-corrected chi connectivity index (χ4v) is 5.47. The van der Waals surface area contributed by atoms with Gasteiger partial charge in [0.15, 0.2) is 0 Å². The molecule has 0 spiro atoms. The van der Waals surface area contributed by atoms with Crippen LogP contribution in [0.1, 0.15) is 20.7 Å². The molecular weight excluding hydrogens is 404 g/mol. The standard InChI is InChI=1S/C22H14N2O5S/c25-20(13-23-21(26)14-7-1-2-8-15(14)22(23)27)24-16-9-3-5-11-18(16)30(28,29)19-12-6-4-10-17(19)24/h1-12H,13H2. The minimum absolute atomic E-state index is 0.000545. The Morgan fingerprint density at radius 1 is 0.700 bits per heavy atom. The van der Waals surface area contributed by atoms with Gasteiger partial charge < -0.3 is 0 Å². The molecule has 0 saturated heterocycles. The number of nitrogens with zero attached hydrogens (tertiary/aromatic N) is 2. The smallest absolute Gasteiger partial charge is 0.262 e. The number of hydrogen-bond acceptors (Lipinski definition) is 5. The maximum absolute atomic E-state index is 13.3. The van der Waals surface area contributed by atoms with Crippen molar-refractivity contribution in [3.05, 3.63) is 83.9 Å². The third-order valence-corrected chi connectivity index (χ3v) is 7.06. The highest BCUT2D eigenvalue weighted by Gasteiger charge is 2.40. The highest BCUT2D eigenvalue weighted by Crippen LogP contribution is 2.44. The van der Waals surface area contributed by atoms with Crippen molar-refractivity contribution in [2.45, 2.75) is 9.79 Å². The minimum Gasteiger partial charge on any atom is -0.277 e. The van der Waals surface area contributed by atoms with Gasteiger partial charge in [-0.25, -0.2) is 8.42 Å². The van der Waals surface area contributed by atoms with Crippen molar-refractivity contribution in [1.82, 2.24) is 4.90 Å². The molecule has 8 heteroatoms. The molecule has 0 aromatic heterocycles. The van der Waals surface area contributed by atoms with Crippen LogP contribution in [0.5, 0.6) is 0 Å². The molecule has 2 aliphatic rings. The van der Waals surface area contributed by atoms with Crippen LogP contribution in [0.2, 0.25) is 0 Å². The number of para-hydroxylation sites is 2. The van der Waals surface area contributed by atoms with Crippen LogP contribution in [-0.2, 0) is 14.6 Å². The molecule has 5 rings (SSSR count). The third-order valence-electron chi connectivity index (χ3n) is 5.21. The Balaban J connectivity index is 1.58. The number of fused-ring (bicyclic) bond motifs is 3. The monoisotopic (exact) mass is 418 g/mol. The first kappa shape index (κ1) is 18.3. The van der Waals surface area contributed by atoms with Gasteiger partial charge in [-0.05, 0) is 36.4 Å². The van der Waals surface area contributed by atoms with Crippen LogP contribution in [0.4, 0.5) is 11.4 Å². The first-order valence-corrected chi connectivity index (χ1v) is 10.6. The number of carbonyl (C=O) groups excluding carboxylic acids is 3. The number of carbonyl (C=O) groups is 3. The van der Waals surface area contributed by atoms with Gasteiger partial charge in [0, 0.05) is 0 Å². The van der Waals surface area contributed by atoms with E-state index in [0.717, 1.165) is 4.90 Å². The SMILES string of the molecule is O=C1c2ccccc2C(=O)N1CC(=O)N1c2ccccc2S(=O)(=O)c2ccccc21. The molecular formula is C22H14N2O5S. The lowest BCUT2D eigenvalue weighted by Crippen LogP contribution is -2.42. The summed E-state index contributed by atoms with van der Waals surface area (Å²) in [5.74, 6) is -1.68. The minimum atomic E-state index is -3.80. The predicted molar refractivity (Wildman–Crippen MR) is 107 cm³/mol. The summed E-state index contributed by atoms with van der Waals surface area (Å²) >= 11 is 0. The molecule has 7 nitrogen and oxygen atoms in total. The average molecular weight is 418 g/mol. The Morgan fingerprint density at radius 3 is 1.63 bits per heavy atom. The van der Waals surface area contributed by atoms with E-state index >= 15 is 0 Å². The molecule has 3 aromatic carbocycles. The number of imide groups is 1. The topological polar surface area (TPSA) is 91.8 Å². The number of rotatable bonds is 2. The van der Waals surface area contributed by atoms with Crippen molar-refractivity contribution in [3.63, 3.8) is 0 Å². The van der Waals surface area contributed by atoms with Crippen molar-refractivity contribution in [3.8, 4) is 0 Å². The van der Waals surface area contributed by atoms with Crippen molar-refractivity contribution in [2.24, 2.45) is 0 Å². The van der Waals surface area contributed by atoms with Crippen molar-refractivity contribution < 1.29 is 22.8 Å². The summed E-state index contributed by atoms with van der Waals surface area (Å²) in [6, 6.07) is 18.7. The van der Waals surface area contributed by atoms with E-state index in [-0.39, 0.29) is 32.3 Å². The zero-order valence-corrected chi connectivity index (χ0v) is 16.3. The molecule has 2 aliphatic heterocycles. The summed E-state index contributed by atoms with van der Waals surface area (Å²) in [5.41, 5.74) is 0.880. The van der Waals surface area contributed by atoms with Crippen LogP contribution >= 0.6 is 0 Å². The lowest BCUT2D eigenvalue weighted by atomic mass is 10.1. The van der Waals surface area contributed by atoms with Gasteiger partial charge in [0.1, 0.15) is 6.54 Å². The van der Waals surface area contributed by atoms with Gasteiger partial charge in [0.05, 0.1) is 32.3 Å². The largest absolute Gasteiger partial charge is 0.277 e. The maximum Gasteiger partial charge on any atom is 0.262 e. The summed E-state index contributed by atoms with van der Waals surface area (Å²) < 4.78 is 26.0. The zero-order chi connectivity index (χ0) is 21.0. The molecule has 30 heavy (non-hydrogen) atoms. The molecule has 0 aliphatic carbocycles. The second kappa shape index (κ2) is 6.36. The molecule has 148 valence electrons. The highest BCUT2D eigenvalue weighted by molar-refractivity contribution is 7.92. The summed E-state index contributed by atoms with van der Waals surface area (Å²) in [7, 11) is -3.80. The van der Waals surface area contributed by atoms with Gasteiger partial charge in [-0.3, -0.25) is 24.2 Å². The third kappa shape index (κ3) is 2.44. The summed E-state index contributed by atoms with van der Waals surface area (Å²) in [6.45, 7) is -0.505. The zero-order valence-electron chi connectivity index (χ0n) is 15.5. The fourth-order valence-electron chi connectivity index (χ4n) is 3.84. The number of anilines is 2. The first-order chi connectivity index (χ1) is 14.4. The Morgan fingerprint density at radius 2 is 1.13 bits per heavy atom. The van der Waals surface area contributed by atoms with Crippen LogP contribution in [0, 0.1) is 0 Å². The normalized spacial score (nSPS) is 16.1. The number of benzene rings is 3. The molecule has 0 N–H and O–H groups in total. The summed E-state index contributed by atoms with van der Waals surface area (Å²) in [5, 5.41) is 0. The average Bonchev–Trinajstić information content (AvgIpc) is 2.99. The van der Waals surface area contributed by atoms with Gasteiger partial charge in [-0.1, -0.05) is 36.4 Å². The second-order valence-corrected chi connectivity index (χ2v) is 8.80.